The number of sulfonamides is 1. The van der Waals surface area contributed by atoms with Gasteiger partial charge in [-0.15, -0.1) is 0 Å². The van der Waals surface area contributed by atoms with Crippen LogP contribution in [0.25, 0.3) is 0 Å². The zero-order valence-electron chi connectivity index (χ0n) is 18.6. The quantitative estimate of drug-likeness (QED) is 0.480. The number of rotatable bonds is 5. The standard InChI is InChI=1S/C19H21F2N3O4S.C2HF3O2/c20-16-7-6-14(11-17(16)21)29(27,28)23-13-10-15(19(25)26)18(22-12-13)24-8-4-2-1-3-5-9-24;3-2(4,5)1(6)7/h6-7,10-12,23H,1-5,8-9H2,(H,25,26);(H,6,7). The summed E-state index contributed by atoms with van der Waals surface area (Å²) in [5, 5.41) is 16.7. The number of anilines is 2. The van der Waals surface area contributed by atoms with Crippen molar-refractivity contribution < 1.29 is 50.2 Å². The van der Waals surface area contributed by atoms with Crippen molar-refractivity contribution in [2.24, 2.45) is 0 Å². The van der Waals surface area contributed by atoms with Gasteiger partial charge in [-0.25, -0.2) is 31.8 Å². The molecule has 1 saturated heterocycles. The van der Waals surface area contributed by atoms with Crippen LogP contribution >= 0.6 is 0 Å². The summed E-state index contributed by atoms with van der Waals surface area (Å²) in [4.78, 5) is 26.3. The van der Waals surface area contributed by atoms with E-state index >= 15 is 0 Å². The summed E-state index contributed by atoms with van der Waals surface area (Å²) in [5.74, 6) is -6.17. The Hall–Kier alpha value is -3.49. The predicted octanol–water partition coefficient (Wildman–Crippen LogP) is 4.26. The van der Waals surface area contributed by atoms with Crippen LogP contribution in [0.1, 0.15) is 42.5 Å². The average Bonchev–Trinajstić information content (AvgIpc) is 2.75. The summed E-state index contributed by atoms with van der Waals surface area (Å²) in [6.45, 7) is 1.35. The van der Waals surface area contributed by atoms with Gasteiger partial charge >= 0.3 is 18.1 Å². The maximum Gasteiger partial charge on any atom is 0.490 e. The minimum absolute atomic E-state index is 0.0806. The number of aromatic carboxylic acids is 1. The summed E-state index contributed by atoms with van der Waals surface area (Å²) >= 11 is 0. The van der Waals surface area contributed by atoms with Crippen LogP contribution in [-0.2, 0) is 14.8 Å². The summed E-state index contributed by atoms with van der Waals surface area (Å²) in [6, 6.07) is 3.36. The molecule has 36 heavy (non-hydrogen) atoms. The number of nitrogens with zero attached hydrogens (tertiary/aromatic N) is 2. The number of hydrogen-bond donors (Lipinski definition) is 3. The summed E-state index contributed by atoms with van der Waals surface area (Å²) in [6.07, 6.45) is 1.25. The van der Waals surface area contributed by atoms with Crippen molar-refractivity contribution in [3.63, 3.8) is 0 Å². The van der Waals surface area contributed by atoms with Gasteiger partial charge < -0.3 is 15.1 Å². The molecule has 2 heterocycles. The van der Waals surface area contributed by atoms with E-state index in [1.807, 2.05) is 4.90 Å². The topological polar surface area (TPSA) is 137 Å². The lowest BCUT2D eigenvalue weighted by atomic mass is 10.1. The van der Waals surface area contributed by atoms with Crippen LogP contribution in [0.3, 0.4) is 0 Å². The van der Waals surface area contributed by atoms with Crippen LogP contribution in [0.2, 0.25) is 0 Å². The molecule has 1 fully saturated rings. The van der Waals surface area contributed by atoms with Gasteiger partial charge in [0, 0.05) is 13.1 Å². The van der Waals surface area contributed by atoms with Crippen molar-refractivity contribution >= 4 is 33.5 Å². The van der Waals surface area contributed by atoms with E-state index in [1.54, 1.807) is 0 Å². The maximum absolute atomic E-state index is 13.4. The summed E-state index contributed by atoms with van der Waals surface area (Å²) in [7, 11) is -4.25. The summed E-state index contributed by atoms with van der Waals surface area (Å²) < 4.78 is 85.2. The fourth-order valence-corrected chi connectivity index (χ4v) is 4.29. The molecule has 1 aromatic heterocycles. The Balaban J connectivity index is 0.000000572. The van der Waals surface area contributed by atoms with E-state index in [4.69, 9.17) is 9.90 Å². The van der Waals surface area contributed by atoms with Gasteiger partial charge in [-0.1, -0.05) is 19.3 Å². The van der Waals surface area contributed by atoms with Crippen LogP contribution in [0, 0.1) is 11.6 Å². The largest absolute Gasteiger partial charge is 0.490 e. The second kappa shape index (κ2) is 12.0. The van der Waals surface area contributed by atoms with E-state index in [9.17, 15) is 40.3 Å². The molecule has 0 saturated carbocycles. The van der Waals surface area contributed by atoms with E-state index in [1.165, 1.54) is 12.3 Å². The molecule has 1 aliphatic rings. The number of carbonyl (C=O) groups is 2. The van der Waals surface area contributed by atoms with Crippen LogP contribution < -0.4 is 9.62 Å². The van der Waals surface area contributed by atoms with E-state index in [-0.39, 0.29) is 17.1 Å². The second-order valence-corrected chi connectivity index (χ2v) is 9.32. The third-order valence-electron chi connectivity index (χ3n) is 4.95. The Morgan fingerprint density at radius 2 is 1.50 bits per heavy atom. The van der Waals surface area contributed by atoms with Crippen LogP contribution in [-0.4, -0.2) is 54.8 Å². The lowest BCUT2D eigenvalue weighted by Gasteiger charge is -2.27. The van der Waals surface area contributed by atoms with Gasteiger partial charge in [0.05, 0.1) is 16.8 Å². The maximum atomic E-state index is 13.4. The minimum atomic E-state index is -5.08. The third kappa shape index (κ3) is 8.03. The molecule has 2 aromatic rings. The highest BCUT2D eigenvalue weighted by atomic mass is 32.2. The highest BCUT2D eigenvalue weighted by Gasteiger charge is 2.38. The van der Waals surface area contributed by atoms with E-state index in [0.717, 1.165) is 38.2 Å². The van der Waals surface area contributed by atoms with E-state index in [0.29, 0.717) is 25.2 Å². The van der Waals surface area contributed by atoms with Crippen LogP contribution in [0.5, 0.6) is 0 Å². The molecule has 9 nitrogen and oxygen atoms in total. The Kier molecular flexibility index (Phi) is 9.55. The molecule has 0 aliphatic carbocycles. The normalized spacial score (nSPS) is 14.6. The highest BCUT2D eigenvalue weighted by Crippen LogP contribution is 2.26. The van der Waals surface area contributed by atoms with Crippen molar-refractivity contribution in [1.29, 1.82) is 0 Å². The molecule has 0 bridgehead atoms. The molecular formula is C21H22F5N3O6S. The number of benzene rings is 1. The zero-order valence-corrected chi connectivity index (χ0v) is 19.4. The Bertz CT molecular complexity index is 1200. The monoisotopic (exact) mass is 539 g/mol. The van der Waals surface area contributed by atoms with Gasteiger partial charge in [0.2, 0.25) is 0 Å². The van der Waals surface area contributed by atoms with Gasteiger partial charge in [-0.2, -0.15) is 13.2 Å². The molecule has 1 aliphatic heterocycles. The molecule has 0 atom stereocenters. The first-order valence-corrected chi connectivity index (χ1v) is 12.0. The van der Waals surface area contributed by atoms with Crippen molar-refractivity contribution in [1.82, 2.24) is 4.98 Å². The van der Waals surface area contributed by atoms with Crippen LogP contribution in [0.4, 0.5) is 33.5 Å². The Morgan fingerprint density at radius 3 is 2.00 bits per heavy atom. The number of nitrogens with one attached hydrogen (secondary N) is 1. The molecule has 3 N–H and O–H groups in total. The number of carboxylic acids is 2. The number of hydrogen-bond acceptors (Lipinski definition) is 6. The van der Waals surface area contributed by atoms with Crippen molar-refractivity contribution in [3.8, 4) is 0 Å². The molecule has 15 heteroatoms. The number of aliphatic carboxylic acids is 1. The predicted molar refractivity (Wildman–Crippen MR) is 117 cm³/mol. The second-order valence-electron chi connectivity index (χ2n) is 7.64. The molecule has 0 radical (unpaired) electrons. The number of carboxylic acid groups (broad SMARTS) is 2. The number of halogens is 5. The van der Waals surface area contributed by atoms with Gasteiger partial charge in [-0.3, -0.25) is 4.72 Å². The number of pyridine rings is 1. The van der Waals surface area contributed by atoms with Crippen molar-refractivity contribution in [2.75, 3.05) is 22.7 Å². The first-order valence-electron chi connectivity index (χ1n) is 10.5. The molecule has 3 rings (SSSR count). The van der Waals surface area contributed by atoms with Gasteiger partial charge in [0.1, 0.15) is 11.4 Å². The van der Waals surface area contributed by atoms with Gasteiger partial charge in [-0.05, 0) is 37.1 Å². The Morgan fingerprint density at radius 1 is 0.944 bits per heavy atom. The molecular weight excluding hydrogens is 517 g/mol. The van der Waals surface area contributed by atoms with Crippen molar-refractivity contribution in [2.45, 2.75) is 43.2 Å². The molecule has 198 valence electrons. The first kappa shape index (κ1) is 28.7. The number of alkyl halides is 3. The lowest BCUT2D eigenvalue weighted by Crippen LogP contribution is -2.29. The highest BCUT2D eigenvalue weighted by molar-refractivity contribution is 7.92. The fraction of sp³-hybridized carbons (Fsp3) is 0.381. The molecule has 0 amide bonds. The molecule has 0 unspecified atom stereocenters. The Labute approximate surface area is 202 Å². The fourth-order valence-electron chi connectivity index (χ4n) is 3.24. The van der Waals surface area contributed by atoms with Crippen molar-refractivity contribution in [3.05, 3.63) is 47.7 Å². The van der Waals surface area contributed by atoms with E-state index in [2.05, 4.69) is 9.71 Å². The molecule has 1 aromatic carbocycles. The first-order chi connectivity index (χ1) is 16.7. The SMILES string of the molecule is O=C(O)C(F)(F)F.O=C(O)c1cc(NS(=O)(=O)c2ccc(F)c(F)c2)cnc1N1CCCCCCC1. The van der Waals surface area contributed by atoms with Gasteiger partial charge in [0.25, 0.3) is 10.0 Å². The van der Waals surface area contributed by atoms with E-state index < -0.39 is 44.7 Å². The zero-order chi connectivity index (χ0) is 27.1. The lowest BCUT2D eigenvalue weighted by molar-refractivity contribution is -0.192. The summed E-state index contributed by atoms with van der Waals surface area (Å²) in [5.41, 5.74) is -0.209. The molecule has 0 spiro atoms. The van der Waals surface area contributed by atoms with Crippen LogP contribution in [0.15, 0.2) is 35.4 Å². The third-order valence-corrected chi connectivity index (χ3v) is 6.33. The number of aromatic nitrogens is 1. The average molecular weight is 539 g/mol. The smallest absolute Gasteiger partial charge is 0.478 e. The minimum Gasteiger partial charge on any atom is -0.478 e. The van der Waals surface area contributed by atoms with Gasteiger partial charge in [0.15, 0.2) is 11.6 Å².